The van der Waals surface area contributed by atoms with Crippen molar-refractivity contribution < 1.29 is 5.11 Å². The molecule has 0 aliphatic heterocycles. The van der Waals surface area contributed by atoms with E-state index in [1.54, 1.807) is 6.07 Å². The molecule has 1 atom stereocenters. The van der Waals surface area contributed by atoms with Crippen molar-refractivity contribution in [2.45, 2.75) is 38.8 Å². The average Bonchev–Trinajstić information content (AvgIpc) is 2.47. The minimum absolute atomic E-state index is 0.324. The Morgan fingerprint density at radius 2 is 2.20 bits per heavy atom. The summed E-state index contributed by atoms with van der Waals surface area (Å²) in [6, 6.07) is 10.3. The van der Waals surface area contributed by atoms with Crippen LogP contribution in [0.1, 0.15) is 41.3 Å². The summed E-state index contributed by atoms with van der Waals surface area (Å²) in [6.07, 6.45) is 5.04. The van der Waals surface area contributed by atoms with E-state index < -0.39 is 0 Å². The highest BCUT2D eigenvalue weighted by Gasteiger charge is 2.21. The number of phenols is 1. The maximum absolute atomic E-state index is 9.97. The predicted octanol–water partition coefficient (Wildman–Crippen LogP) is 3.26. The third-order valence-corrected chi connectivity index (χ3v) is 4.14. The van der Waals surface area contributed by atoms with Crippen molar-refractivity contribution >= 4 is 0 Å². The highest BCUT2D eigenvalue weighted by atomic mass is 16.3. The number of hydrogen-bond acceptors (Lipinski definition) is 3. The molecule has 1 aromatic carbocycles. The number of hydrogen-bond donors (Lipinski definition) is 2. The van der Waals surface area contributed by atoms with E-state index in [1.165, 1.54) is 11.1 Å². The molecule has 0 radical (unpaired) electrons. The third-order valence-electron chi connectivity index (χ3n) is 4.14. The van der Waals surface area contributed by atoms with Gasteiger partial charge in [-0.05, 0) is 55.0 Å². The highest BCUT2D eigenvalue weighted by Crippen LogP contribution is 2.34. The Morgan fingerprint density at radius 1 is 1.30 bits per heavy atom. The van der Waals surface area contributed by atoms with Gasteiger partial charge in [-0.25, -0.2) is 0 Å². The standard InChI is InChI=1S/C17H20N2O/c1-12-13(5-4-10-18-12)11-19-16-8-2-7-15-14(16)6-3-9-17(15)20/h3-6,9-10,16,19-20H,2,7-8,11H2,1H3. The van der Waals surface area contributed by atoms with Crippen LogP contribution in [0.3, 0.4) is 0 Å². The molecule has 0 amide bonds. The lowest BCUT2D eigenvalue weighted by atomic mass is 9.87. The van der Waals surface area contributed by atoms with Gasteiger partial charge < -0.3 is 10.4 Å². The zero-order valence-corrected chi connectivity index (χ0v) is 11.8. The predicted molar refractivity (Wildman–Crippen MR) is 79.6 cm³/mol. The largest absolute Gasteiger partial charge is 0.508 e. The SMILES string of the molecule is Cc1ncccc1CNC1CCCc2c(O)cccc21. The zero-order chi connectivity index (χ0) is 13.9. The van der Waals surface area contributed by atoms with Crippen molar-refractivity contribution in [3.63, 3.8) is 0 Å². The smallest absolute Gasteiger partial charge is 0.119 e. The molecule has 3 nitrogen and oxygen atoms in total. The molecule has 0 fully saturated rings. The molecule has 1 unspecified atom stereocenters. The van der Waals surface area contributed by atoms with Gasteiger partial charge in [0.1, 0.15) is 5.75 Å². The summed E-state index contributed by atoms with van der Waals surface area (Å²) in [5.74, 6) is 0.437. The third kappa shape index (κ3) is 2.54. The van der Waals surface area contributed by atoms with Gasteiger partial charge in [0.15, 0.2) is 0 Å². The second-order valence-corrected chi connectivity index (χ2v) is 5.42. The van der Waals surface area contributed by atoms with Crippen molar-refractivity contribution in [3.05, 3.63) is 58.9 Å². The number of fused-ring (bicyclic) bond motifs is 1. The second-order valence-electron chi connectivity index (χ2n) is 5.42. The molecule has 1 heterocycles. The first-order valence-electron chi connectivity index (χ1n) is 7.20. The van der Waals surface area contributed by atoms with E-state index in [1.807, 2.05) is 25.3 Å². The van der Waals surface area contributed by atoms with E-state index in [0.29, 0.717) is 11.8 Å². The maximum Gasteiger partial charge on any atom is 0.119 e. The van der Waals surface area contributed by atoms with Crippen molar-refractivity contribution in [1.82, 2.24) is 10.3 Å². The quantitative estimate of drug-likeness (QED) is 0.898. The van der Waals surface area contributed by atoms with Gasteiger partial charge in [-0.15, -0.1) is 0 Å². The molecule has 0 saturated heterocycles. The summed E-state index contributed by atoms with van der Waals surface area (Å²) >= 11 is 0. The molecule has 3 rings (SSSR count). The summed E-state index contributed by atoms with van der Waals surface area (Å²) in [5.41, 5.74) is 4.67. The van der Waals surface area contributed by atoms with Crippen LogP contribution in [0.25, 0.3) is 0 Å². The zero-order valence-electron chi connectivity index (χ0n) is 11.8. The number of nitrogens with one attached hydrogen (secondary N) is 1. The molecule has 1 aliphatic carbocycles. The molecular weight excluding hydrogens is 248 g/mol. The molecule has 2 N–H and O–H groups in total. The maximum atomic E-state index is 9.97. The summed E-state index contributed by atoms with van der Waals surface area (Å²) in [5, 5.41) is 13.6. The van der Waals surface area contributed by atoms with Crippen LogP contribution in [-0.4, -0.2) is 10.1 Å². The monoisotopic (exact) mass is 268 g/mol. The van der Waals surface area contributed by atoms with E-state index in [2.05, 4.69) is 22.4 Å². The molecule has 0 bridgehead atoms. The van der Waals surface area contributed by atoms with Gasteiger partial charge in [0, 0.05) is 24.5 Å². The van der Waals surface area contributed by atoms with Crippen LogP contribution in [0.2, 0.25) is 0 Å². The first-order chi connectivity index (χ1) is 9.75. The molecule has 104 valence electrons. The summed E-state index contributed by atoms with van der Waals surface area (Å²) in [4.78, 5) is 4.32. The minimum atomic E-state index is 0.324. The number of aromatic hydroxyl groups is 1. The summed E-state index contributed by atoms with van der Waals surface area (Å²) in [7, 11) is 0. The molecule has 2 aromatic rings. The number of nitrogens with zero attached hydrogens (tertiary/aromatic N) is 1. The average molecular weight is 268 g/mol. The Kier molecular flexibility index (Phi) is 3.70. The van der Waals surface area contributed by atoms with E-state index in [0.717, 1.165) is 37.1 Å². The first kappa shape index (κ1) is 13.1. The lowest BCUT2D eigenvalue weighted by Crippen LogP contribution is -2.25. The number of phenolic OH excluding ortho intramolecular Hbond substituents is 1. The number of pyridine rings is 1. The number of aryl methyl sites for hydroxylation is 1. The topological polar surface area (TPSA) is 45.2 Å². The van der Waals surface area contributed by atoms with Crippen LogP contribution in [0.15, 0.2) is 36.5 Å². The second kappa shape index (κ2) is 5.63. The number of aromatic nitrogens is 1. The summed E-state index contributed by atoms with van der Waals surface area (Å²) < 4.78 is 0. The normalized spacial score (nSPS) is 17.8. The van der Waals surface area contributed by atoms with Crippen LogP contribution in [0.4, 0.5) is 0 Å². The molecule has 0 saturated carbocycles. The lowest BCUT2D eigenvalue weighted by Gasteiger charge is -2.27. The van der Waals surface area contributed by atoms with Gasteiger partial charge in [0.2, 0.25) is 0 Å². The number of benzene rings is 1. The fraction of sp³-hybridized carbons (Fsp3) is 0.353. The fourth-order valence-electron chi connectivity index (χ4n) is 2.98. The van der Waals surface area contributed by atoms with Crippen molar-refractivity contribution in [2.24, 2.45) is 0 Å². The molecule has 20 heavy (non-hydrogen) atoms. The lowest BCUT2D eigenvalue weighted by molar-refractivity contribution is 0.429. The van der Waals surface area contributed by atoms with Crippen molar-refractivity contribution in [2.75, 3.05) is 0 Å². The van der Waals surface area contributed by atoms with Crippen LogP contribution in [0, 0.1) is 6.92 Å². The Hall–Kier alpha value is -1.87. The van der Waals surface area contributed by atoms with Crippen molar-refractivity contribution in [3.8, 4) is 5.75 Å². The fourth-order valence-corrected chi connectivity index (χ4v) is 2.98. The Bertz CT molecular complexity index is 610. The molecule has 0 spiro atoms. The van der Waals surface area contributed by atoms with Crippen LogP contribution in [-0.2, 0) is 13.0 Å². The van der Waals surface area contributed by atoms with E-state index in [4.69, 9.17) is 0 Å². The van der Waals surface area contributed by atoms with E-state index >= 15 is 0 Å². The van der Waals surface area contributed by atoms with E-state index in [9.17, 15) is 5.11 Å². The Labute approximate surface area is 119 Å². The first-order valence-corrected chi connectivity index (χ1v) is 7.20. The minimum Gasteiger partial charge on any atom is -0.508 e. The van der Waals surface area contributed by atoms with Gasteiger partial charge in [-0.1, -0.05) is 18.2 Å². The van der Waals surface area contributed by atoms with Crippen LogP contribution < -0.4 is 5.32 Å². The van der Waals surface area contributed by atoms with Gasteiger partial charge >= 0.3 is 0 Å². The molecule has 1 aromatic heterocycles. The Morgan fingerprint density at radius 3 is 3.05 bits per heavy atom. The molecule has 3 heteroatoms. The van der Waals surface area contributed by atoms with Crippen molar-refractivity contribution in [1.29, 1.82) is 0 Å². The van der Waals surface area contributed by atoms with Crippen LogP contribution in [0.5, 0.6) is 5.75 Å². The van der Waals surface area contributed by atoms with E-state index in [-0.39, 0.29) is 0 Å². The highest BCUT2D eigenvalue weighted by molar-refractivity contribution is 5.42. The van der Waals surface area contributed by atoms with Gasteiger partial charge in [0.05, 0.1) is 0 Å². The van der Waals surface area contributed by atoms with Gasteiger partial charge in [-0.3, -0.25) is 4.98 Å². The van der Waals surface area contributed by atoms with Gasteiger partial charge in [0.25, 0.3) is 0 Å². The molecular formula is C17H20N2O. The van der Waals surface area contributed by atoms with Crippen LogP contribution >= 0.6 is 0 Å². The Balaban J connectivity index is 1.77. The van der Waals surface area contributed by atoms with Gasteiger partial charge in [-0.2, -0.15) is 0 Å². The summed E-state index contributed by atoms with van der Waals surface area (Å²) in [6.45, 7) is 2.86. The number of rotatable bonds is 3. The molecule has 1 aliphatic rings.